The fourth-order valence-corrected chi connectivity index (χ4v) is 3.17. The number of hydrogen-bond acceptors (Lipinski definition) is 5. The number of anilines is 1. The molecule has 0 spiro atoms. The average molecular weight is 301 g/mol. The van der Waals surface area contributed by atoms with E-state index in [-0.39, 0.29) is 5.97 Å². The van der Waals surface area contributed by atoms with Gasteiger partial charge in [0.1, 0.15) is 10.6 Å². The highest BCUT2D eigenvalue weighted by molar-refractivity contribution is 7.21. The monoisotopic (exact) mass is 301 g/mol. The lowest BCUT2D eigenvalue weighted by molar-refractivity contribution is 0.0606. The fraction of sp³-hybridized carbons (Fsp3) is 0.200. The van der Waals surface area contributed by atoms with E-state index in [0.29, 0.717) is 4.88 Å². The molecule has 0 bridgehead atoms. The first-order chi connectivity index (χ1) is 10.1. The van der Waals surface area contributed by atoms with Crippen molar-refractivity contribution in [2.24, 2.45) is 0 Å². The summed E-state index contributed by atoms with van der Waals surface area (Å²) < 4.78 is 5.72. The van der Waals surface area contributed by atoms with Crippen molar-refractivity contribution < 1.29 is 9.53 Å². The summed E-state index contributed by atoms with van der Waals surface area (Å²) in [5, 5.41) is 7.31. The number of hydrogen-bond donors (Lipinski definition) is 1. The van der Waals surface area contributed by atoms with Crippen LogP contribution in [0.25, 0.3) is 21.5 Å². The molecule has 2 heterocycles. The Balaban J connectivity index is 2.03. The zero-order valence-corrected chi connectivity index (χ0v) is 12.8. The smallest absolute Gasteiger partial charge is 0.348 e. The molecule has 108 valence electrons. The summed E-state index contributed by atoms with van der Waals surface area (Å²) in [6.07, 6.45) is 0. The first-order valence-corrected chi connectivity index (χ1v) is 7.26. The number of benzene rings is 1. The molecule has 1 N–H and O–H groups in total. The maximum absolute atomic E-state index is 11.6. The number of fused-ring (bicyclic) bond motifs is 1. The van der Waals surface area contributed by atoms with Gasteiger partial charge < -0.3 is 9.64 Å². The van der Waals surface area contributed by atoms with Gasteiger partial charge >= 0.3 is 5.97 Å². The van der Waals surface area contributed by atoms with Crippen molar-refractivity contribution in [2.75, 3.05) is 26.1 Å². The summed E-state index contributed by atoms with van der Waals surface area (Å²) in [4.78, 5) is 14.2. The van der Waals surface area contributed by atoms with Crippen LogP contribution in [-0.4, -0.2) is 37.4 Å². The Labute approximate surface area is 126 Å². The molecular formula is C15H15N3O2S. The minimum absolute atomic E-state index is 0.321. The lowest BCUT2D eigenvalue weighted by Gasteiger charge is -2.12. The first-order valence-electron chi connectivity index (χ1n) is 6.44. The molecule has 21 heavy (non-hydrogen) atoms. The van der Waals surface area contributed by atoms with Gasteiger partial charge in [0.2, 0.25) is 0 Å². The largest absolute Gasteiger partial charge is 0.465 e. The van der Waals surface area contributed by atoms with Crippen molar-refractivity contribution in [3.8, 4) is 11.3 Å². The summed E-state index contributed by atoms with van der Waals surface area (Å²) in [6.45, 7) is 0. The molecule has 0 aliphatic heterocycles. The van der Waals surface area contributed by atoms with Crippen LogP contribution in [-0.2, 0) is 4.74 Å². The number of aromatic amines is 1. The highest BCUT2D eigenvalue weighted by atomic mass is 32.1. The van der Waals surface area contributed by atoms with Crippen molar-refractivity contribution in [1.82, 2.24) is 10.2 Å². The van der Waals surface area contributed by atoms with Crippen LogP contribution in [0.2, 0.25) is 0 Å². The number of thiophene rings is 1. The summed E-state index contributed by atoms with van der Waals surface area (Å²) in [6, 6.07) is 9.93. The van der Waals surface area contributed by atoms with Gasteiger partial charge in [-0.3, -0.25) is 5.10 Å². The number of aromatic nitrogens is 2. The van der Waals surface area contributed by atoms with E-state index in [2.05, 4.69) is 10.2 Å². The van der Waals surface area contributed by atoms with Crippen LogP contribution >= 0.6 is 11.3 Å². The number of carbonyl (C=O) groups is 1. The van der Waals surface area contributed by atoms with Crippen molar-refractivity contribution >= 4 is 33.2 Å². The van der Waals surface area contributed by atoms with Crippen LogP contribution in [0.4, 0.5) is 5.69 Å². The Hall–Kier alpha value is -2.34. The zero-order chi connectivity index (χ0) is 15.0. The van der Waals surface area contributed by atoms with Gasteiger partial charge in [-0.25, -0.2) is 4.79 Å². The lowest BCUT2D eigenvalue weighted by Crippen LogP contribution is -2.07. The predicted octanol–water partition coefficient (Wildman–Crippen LogP) is 3.14. The van der Waals surface area contributed by atoms with Crippen LogP contribution in [0, 0.1) is 0 Å². The van der Waals surface area contributed by atoms with Gasteiger partial charge in [-0.2, -0.15) is 5.10 Å². The number of ether oxygens (including phenoxy) is 1. The topological polar surface area (TPSA) is 58.2 Å². The molecular weight excluding hydrogens is 286 g/mol. The van der Waals surface area contributed by atoms with Crippen LogP contribution in [0.1, 0.15) is 9.67 Å². The van der Waals surface area contributed by atoms with Gasteiger partial charge in [0, 0.05) is 25.3 Å². The molecule has 3 aromatic rings. The fourth-order valence-electron chi connectivity index (χ4n) is 2.13. The zero-order valence-electron chi connectivity index (χ0n) is 12.0. The Kier molecular flexibility index (Phi) is 3.39. The van der Waals surface area contributed by atoms with Gasteiger partial charge in [0.25, 0.3) is 0 Å². The number of rotatable bonds is 3. The third-order valence-corrected chi connectivity index (χ3v) is 4.40. The minimum atomic E-state index is -0.321. The van der Waals surface area contributed by atoms with Gasteiger partial charge in [-0.1, -0.05) is 12.1 Å². The van der Waals surface area contributed by atoms with E-state index in [1.807, 2.05) is 43.3 Å². The van der Waals surface area contributed by atoms with Gasteiger partial charge in [0.05, 0.1) is 17.3 Å². The van der Waals surface area contributed by atoms with Gasteiger partial charge in [-0.05, 0) is 18.2 Å². The quantitative estimate of drug-likeness (QED) is 0.755. The normalized spacial score (nSPS) is 10.8. The molecule has 0 radical (unpaired) electrons. The Morgan fingerprint density at radius 1 is 1.29 bits per heavy atom. The molecule has 3 rings (SSSR count). The van der Waals surface area contributed by atoms with Crippen molar-refractivity contribution in [3.05, 3.63) is 35.2 Å². The van der Waals surface area contributed by atoms with E-state index in [9.17, 15) is 4.79 Å². The first kappa shape index (κ1) is 13.6. The maximum atomic E-state index is 11.6. The number of esters is 1. The van der Waals surface area contributed by atoms with Gasteiger partial charge in [0.15, 0.2) is 0 Å². The van der Waals surface area contributed by atoms with Crippen molar-refractivity contribution in [2.45, 2.75) is 0 Å². The SMILES string of the molecule is COC(=O)c1cc2[nH]nc(-c3ccc(N(C)C)cc3)c2s1. The van der Waals surface area contributed by atoms with E-state index < -0.39 is 0 Å². The molecule has 0 aliphatic rings. The van der Waals surface area contributed by atoms with E-state index in [1.165, 1.54) is 18.4 Å². The number of nitrogens with one attached hydrogen (secondary N) is 1. The molecule has 0 amide bonds. The minimum Gasteiger partial charge on any atom is -0.465 e. The third-order valence-electron chi connectivity index (χ3n) is 3.28. The van der Waals surface area contributed by atoms with E-state index >= 15 is 0 Å². The highest BCUT2D eigenvalue weighted by Gasteiger charge is 2.16. The Morgan fingerprint density at radius 2 is 2.00 bits per heavy atom. The molecule has 0 saturated heterocycles. The van der Waals surface area contributed by atoms with E-state index in [0.717, 1.165) is 27.2 Å². The number of nitrogens with zero attached hydrogens (tertiary/aromatic N) is 2. The number of carbonyl (C=O) groups excluding carboxylic acids is 1. The van der Waals surface area contributed by atoms with Crippen molar-refractivity contribution in [3.63, 3.8) is 0 Å². The molecule has 1 aromatic carbocycles. The Bertz CT molecular complexity index is 787. The molecule has 6 heteroatoms. The van der Waals surface area contributed by atoms with E-state index in [4.69, 9.17) is 4.74 Å². The molecule has 2 aromatic heterocycles. The second-order valence-corrected chi connectivity index (χ2v) is 5.91. The Morgan fingerprint density at radius 3 is 2.62 bits per heavy atom. The second-order valence-electron chi connectivity index (χ2n) is 4.86. The second kappa shape index (κ2) is 5.21. The van der Waals surface area contributed by atoms with Crippen LogP contribution < -0.4 is 4.90 Å². The predicted molar refractivity (Wildman–Crippen MR) is 85.1 cm³/mol. The third kappa shape index (κ3) is 2.38. The maximum Gasteiger partial charge on any atom is 0.348 e. The highest BCUT2D eigenvalue weighted by Crippen LogP contribution is 2.33. The molecule has 0 saturated carbocycles. The lowest BCUT2D eigenvalue weighted by atomic mass is 10.1. The van der Waals surface area contributed by atoms with Crippen LogP contribution in [0.3, 0.4) is 0 Å². The van der Waals surface area contributed by atoms with E-state index in [1.54, 1.807) is 6.07 Å². The van der Waals surface area contributed by atoms with Crippen LogP contribution in [0.5, 0.6) is 0 Å². The number of H-pyrrole nitrogens is 1. The average Bonchev–Trinajstić information content (AvgIpc) is 3.06. The summed E-state index contributed by atoms with van der Waals surface area (Å²) >= 11 is 1.39. The molecule has 5 nitrogen and oxygen atoms in total. The van der Waals surface area contributed by atoms with Crippen LogP contribution in [0.15, 0.2) is 30.3 Å². The summed E-state index contributed by atoms with van der Waals surface area (Å²) in [7, 11) is 5.39. The summed E-state index contributed by atoms with van der Waals surface area (Å²) in [5.74, 6) is -0.321. The van der Waals surface area contributed by atoms with Crippen molar-refractivity contribution in [1.29, 1.82) is 0 Å². The molecule has 0 unspecified atom stereocenters. The standard InChI is InChI=1S/C15H15N3O2S/c1-18(2)10-6-4-9(5-7-10)13-14-11(16-17-13)8-12(21-14)15(19)20-3/h4-8H,1-3H3,(H,16,17). The summed E-state index contributed by atoms with van der Waals surface area (Å²) in [5.41, 5.74) is 3.86. The van der Waals surface area contributed by atoms with Gasteiger partial charge in [-0.15, -0.1) is 11.3 Å². The molecule has 0 fully saturated rings. The molecule has 0 aliphatic carbocycles. The number of methoxy groups -OCH3 is 1. The molecule has 0 atom stereocenters.